The molecule has 0 amide bonds. The molecule has 4 nitrogen and oxygen atoms in total. The lowest BCUT2D eigenvalue weighted by molar-refractivity contribution is 0.558. The maximum atomic E-state index is 5.20. The fourth-order valence-electron chi connectivity index (χ4n) is 0.517. The molecule has 0 radical (unpaired) electrons. The summed E-state index contributed by atoms with van der Waals surface area (Å²) in [6.07, 6.45) is 1.88. The van der Waals surface area contributed by atoms with E-state index in [0.29, 0.717) is 5.89 Å². The summed E-state index contributed by atoms with van der Waals surface area (Å²) in [6, 6.07) is 0.108. The van der Waals surface area contributed by atoms with Gasteiger partial charge in [-0.05, 0) is 13.8 Å². The molecule has 0 unspecified atom stereocenters. The second kappa shape index (κ2) is 2.51. The highest BCUT2D eigenvalue weighted by Gasteiger charge is 2.01. The summed E-state index contributed by atoms with van der Waals surface area (Å²) in [6.45, 7) is 3.78. The lowest BCUT2D eigenvalue weighted by Crippen LogP contribution is -1.81. The van der Waals surface area contributed by atoms with Gasteiger partial charge in [0, 0.05) is 5.57 Å². The van der Waals surface area contributed by atoms with Gasteiger partial charge in [0.05, 0.1) is 0 Å². The number of anilines is 1. The van der Waals surface area contributed by atoms with Gasteiger partial charge in [0.25, 0.3) is 0 Å². The van der Waals surface area contributed by atoms with E-state index in [1.807, 2.05) is 19.9 Å². The van der Waals surface area contributed by atoms with Crippen LogP contribution in [0.25, 0.3) is 5.57 Å². The molecule has 2 N–H and O–H groups in total. The smallest absolute Gasteiger partial charge is 0.313 e. The number of rotatable bonds is 1. The Morgan fingerprint density at radius 2 is 2.30 bits per heavy atom. The molecule has 0 aromatic carbocycles. The van der Waals surface area contributed by atoms with Crippen molar-refractivity contribution in [2.45, 2.75) is 13.8 Å². The van der Waals surface area contributed by atoms with Gasteiger partial charge in [-0.1, -0.05) is 11.2 Å². The van der Waals surface area contributed by atoms with E-state index in [1.165, 1.54) is 0 Å². The van der Waals surface area contributed by atoms with Crippen LogP contribution in [0.3, 0.4) is 0 Å². The molecule has 0 atom stereocenters. The van der Waals surface area contributed by atoms with Crippen LogP contribution < -0.4 is 5.73 Å². The Morgan fingerprint density at radius 3 is 2.70 bits per heavy atom. The van der Waals surface area contributed by atoms with E-state index in [4.69, 9.17) is 10.2 Å². The van der Waals surface area contributed by atoms with Crippen molar-refractivity contribution >= 4 is 11.6 Å². The standard InChI is InChI=1S/C6H9N3O/c1-3-4(2)5-8-9-6(7)10-5/h3H,1-2H3,(H2,7,9)/b4-3+. The van der Waals surface area contributed by atoms with Crippen LogP contribution in [-0.2, 0) is 0 Å². The first-order chi connectivity index (χ1) is 4.74. The maximum Gasteiger partial charge on any atom is 0.313 e. The minimum atomic E-state index is 0.108. The highest BCUT2D eigenvalue weighted by molar-refractivity contribution is 5.55. The van der Waals surface area contributed by atoms with Crippen LogP contribution in [0.4, 0.5) is 6.01 Å². The molecular formula is C6H9N3O. The predicted octanol–water partition coefficient (Wildman–Crippen LogP) is 1.07. The van der Waals surface area contributed by atoms with Crippen LogP contribution in [-0.4, -0.2) is 10.2 Å². The van der Waals surface area contributed by atoms with E-state index < -0.39 is 0 Å². The Kier molecular flexibility index (Phi) is 1.71. The average Bonchev–Trinajstić information content (AvgIpc) is 2.34. The molecule has 0 spiro atoms. The monoisotopic (exact) mass is 139 g/mol. The van der Waals surface area contributed by atoms with Gasteiger partial charge in [0.15, 0.2) is 0 Å². The van der Waals surface area contributed by atoms with E-state index in [0.717, 1.165) is 5.57 Å². The highest BCUT2D eigenvalue weighted by Crippen LogP contribution is 2.11. The van der Waals surface area contributed by atoms with Gasteiger partial charge < -0.3 is 10.2 Å². The summed E-state index contributed by atoms with van der Waals surface area (Å²) < 4.78 is 4.92. The van der Waals surface area contributed by atoms with Gasteiger partial charge in [0.1, 0.15) is 0 Å². The summed E-state index contributed by atoms with van der Waals surface area (Å²) >= 11 is 0. The molecule has 10 heavy (non-hydrogen) atoms. The van der Waals surface area contributed by atoms with Crippen LogP contribution in [0.15, 0.2) is 10.5 Å². The molecule has 0 aliphatic carbocycles. The van der Waals surface area contributed by atoms with Crippen LogP contribution in [0.2, 0.25) is 0 Å². The molecule has 0 bridgehead atoms. The Hall–Kier alpha value is -1.32. The first-order valence-electron chi connectivity index (χ1n) is 2.96. The fraction of sp³-hybridized carbons (Fsp3) is 0.333. The quantitative estimate of drug-likeness (QED) is 0.632. The van der Waals surface area contributed by atoms with E-state index in [2.05, 4.69) is 10.2 Å². The van der Waals surface area contributed by atoms with E-state index in [9.17, 15) is 0 Å². The van der Waals surface area contributed by atoms with Gasteiger partial charge in [-0.15, -0.1) is 5.10 Å². The van der Waals surface area contributed by atoms with Gasteiger partial charge in [0.2, 0.25) is 5.89 Å². The molecule has 1 aromatic rings. The second-order valence-corrected chi connectivity index (χ2v) is 1.92. The van der Waals surface area contributed by atoms with Crippen LogP contribution in [0, 0.1) is 0 Å². The lowest BCUT2D eigenvalue weighted by atomic mass is 10.3. The first kappa shape index (κ1) is 6.80. The molecule has 1 aromatic heterocycles. The third-order valence-corrected chi connectivity index (χ3v) is 1.21. The Morgan fingerprint density at radius 1 is 1.60 bits per heavy atom. The lowest BCUT2D eigenvalue weighted by Gasteiger charge is -1.87. The van der Waals surface area contributed by atoms with Gasteiger partial charge in [-0.25, -0.2) is 0 Å². The zero-order chi connectivity index (χ0) is 7.56. The fourth-order valence-corrected chi connectivity index (χ4v) is 0.517. The second-order valence-electron chi connectivity index (χ2n) is 1.92. The molecule has 1 rings (SSSR count). The molecule has 0 aliphatic rings. The minimum Gasteiger partial charge on any atom is -0.404 e. The van der Waals surface area contributed by atoms with Crippen LogP contribution >= 0.6 is 0 Å². The Labute approximate surface area is 58.7 Å². The summed E-state index contributed by atoms with van der Waals surface area (Å²) in [7, 11) is 0. The number of nitrogens with two attached hydrogens (primary N) is 1. The summed E-state index contributed by atoms with van der Waals surface area (Å²) in [5, 5.41) is 7.18. The first-order valence-corrected chi connectivity index (χ1v) is 2.96. The van der Waals surface area contributed by atoms with Crippen molar-refractivity contribution in [2.24, 2.45) is 0 Å². The zero-order valence-electron chi connectivity index (χ0n) is 5.96. The van der Waals surface area contributed by atoms with Crippen molar-refractivity contribution in [1.29, 1.82) is 0 Å². The molecule has 54 valence electrons. The third-order valence-electron chi connectivity index (χ3n) is 1.21. The summed E-state index contributed by atoms with van der Waals surface area (Å²) in [5.74, 6) is 0.486. The number of aromatic nitrogens is 2. The maximum absolute atomic E-state index is 5.20. The van der Waals surface area contributed by atoms with Gasteiger partial charge in [-0.3, -0.25) is 0 Å². The molecule has 1 heterocycles. The molecular weight excluding hydrogens is 130 g/mol. The third kappa shape index (κ3) is 1.15. The van der Waals surface area contributed by atoms with Crippen molar-refractivity contribution in [1.82, 2.24) is 10.2 Å². The summed E-state index contributed by atoms with van der Waals surface area (Å²) in [5.41, 5.74) is 6.14. The molecule has 0 saturated carbocycles. The zero-order valence-corrected chi connectivity index (χ0v) is 5.96. The van der Waals surface area contributed by atoms with E-state index in [-0.39, 0.29) is 6.01 Å². The largest absolute Gasteiger partial charge is 0.404 e. The molecule has 0 saturated heterocycles. The van der Waals surface area contributed by atoms with Crippen molar-refractivity contribution < 1.29 is 4.42 Å². The van der Waals surface area contributed by atoms with E-state index in [1.54, 1.807) is 0 Å². The molecule has 4 heteroatoms. The number of nitrogens with zero attached hydrogens (tertiary/aromatic N) is 2. The molecule has 0 fully saturated rings. The average molecular weight is 139 g/mol. The highest BCUT2D eigenvalue weighted by atomic mass is 16.4. The van der Waals surface area contributed by atoms with Crippen molar-refractivity contribution in [3.63, 3.8) is 0 Å². The number of hydrogen-bond donors (Lipinski definition) is 1. The van der Waals surface area contributed by atoms with Gasteiger partial charge in [-0.2, -0.15) is 0 Å². The summed E-state index contributed by atoms with van der Waals surface area (Å²) in [4.78, 5) is 0. The number of nitrogen functional groups attached to an aromatic ring is 1. The Balaban J connectivity index is 2.95. The van der Waals surface area contributed by atoms with Crippen LogP contribution in [0.1, 0.15) is 19.7 Å². The SMILES string of the molecule is C/C=C(\C)c1nnc(N)o1. The van der Waals surface area contributed by atoms with Gasteiger partial charge >= 0.3 is 6.01 Å². The number of allylic oxidation sites excluding steroid dienone is 2. The normalized spacial score (nSPS) is 12.0. The number of hydrogen-bond acceptors (Lipinski definition) is 4. The minimum absolute atomic E-state index is 0.108. The van der Waals surface area contributed by atoms with E-state index >= 15 is 0 Å². The Bertz CT molecular complexity index is 251. The van der Waals surface area contributed by atoms with Crippen molar-refractivity contribution in [2.75, 3.05) is 5.73 Å². The molecule has 0 aliphatic heterocycles. The topological polar surface area (TPSA) is 64.9 Å². The van der Waals surface area contributed by atoms with Crippen molar-refractivity contribution in [3.05, 3.63) is 12.0 Å². The van der Waals surface area contributed by atoms with Crippen molar-refractivity contribution in [3.8, 4) is 0 Å². The van der Waals surface area contributed by atoms with Crippen LogP contribution in [0.5, 0.6) is 0 Å². The predicted molar refractivity (Wildman–Crippen MR) is 38.0 cm³/mol.